The number of nitriles is 1. The third kappa shape index (κ3) is 2.84. The fourth-order valence-electron chi connectivity index (χ4n) is 2.41. The van der Waals surface area contributed by atoms with Crippen LogP contribution in [-0.4, -0.2) is 24.5 Å². The molecule has 0 aromatic heterocycles. The van der Waals surface area contributed by atoms with Crippen LogP contribution in [0.15, 0.2) is 30.3 Å². The molecule has 0 spiro atoms. The van der Waals surface area contributed by atoms with Crippen LogP contribution in [0.5, 0.6) is 0 Å². The van der Waals surface area contributed by atoms with Crippen molar-refractivity contribution >= 4 is 0 Å². The summed E-state index contributed by atoms with van der Waals surface area (Å²) in [6, 6.07) is 13.0. The minimum atomic E-state index is 0.687. The molecule has 1 saturated heterocycles. The molecule has 1 aromatic carbocycles. The zero-order chi connectivity index (χ0) is 11.2. The average molecular weight is 214 g/mol. The van der Waals surface area contributed by atoms with Gasteiger partial charge in [-0.3, -0.25) is 0 Å². The summed E-state index contributed by atoms with van der Waals surface area (Å²) in [6.07, 6.45) is 2.96. The molecule has 16 heavy (non-hydrogen) atoms. The zero-order valence-corrected chi connectivity index (χ0v) is 9.60. The second-order valence-corrected chi connectivity index (χ2v) is 4.46. The van der Waals surface area contributed by atoms with Crippen LogP contribution in [0.3, 0.4) is 0 Å². The van der Waals surface area contributed by atoms with Gasteiger partial charge in [-0.2, -0.15) is 5.26 Å². The van der Waals surface area contributed by atoms with Crippen molar-refractivity contribution in [2.45, 2.75) is 25.2 Å². The number of rotatable bonds is 4. The van der Waals surface area contributed by atoms with Crippen molar-refractivity contribution in [3.63, 3.8) is 0 Å². The van der Waals surface area contributed by atoms with Gasteiger partial charge in [-0.25, -0.2) is 0 Å². The van der Waals surface area contributed by atoms with Crippen molar-refractivity contribution in [3.05, 3.63) is 35.9 Å². The molecule has 0 radical (unpaired) electrons. The van der Waals surface area contributed by atoms with Gasteiger partial charge in [-0.05, 0) is 37.4 Å². The van der Waals surface area contributed by atoms with E-state index in [0.717, 1.165) is 19.5 Å². The van der Waals surface area contributed by atoms with Crippen molar-refractivity contribution < 1.29 is 0 Å². The van der Waals surface area contributed by atoms with Gasteiger partial charge in [0.05, 0.1) is 6.07 Å². The number of unbranched alkanes of at least 4 members (excludes halogenated alkanes) is 1. The van der Waals surface area contributed by atoms with E-state index in [9.17, 15) is 0 Å². The summed E-state index contributed by atoms with van der Waals surface area (Å²) in [7, 11) is 0. The van der Waals surface area contributed by atoms with Crippen molar-refractivity contribution in [1.29, 1.82) is 5.26 Å². The Balaban J connectivity index is 1.82. The highest BCUT2D eigenvalue weighted by Gasteiger charge is 2.22. The Morgan fingerprint density at radius 2 is 2.12 bits per heavy atom. The Morgan fingerprint density at radius 3 is 2.88 bits per heavy atom. The number of benzene rings is 1. The molecule has 0 aliphatic carbocycles. The predicted molar refractivity (Wildman–Crippen MR) is 65.1 cm³/mol. The van der Waals surface area contributed by atoms with Gasteiger partial charge in [0.25, 0.3) is 0 Å². The Kier molecular flexibility index (Phi) is 3.96. The number of hydrogen-bond donors (Lipinski definition) is 0. The van der Waals surface area contributed by atoms with Crippen LogP contribution in [-0.2, 0) is 0 Å². The SMILES string of the molecule is N#CCCCN1CCC(c2ccccc2)C1. The van der Waals surface area contributed by atoms with Crippen LogP contribution in [0, 0.1) is 11.3 Å². The van der Waals surface area contributed by atoms with Crippen LogP contribution < -0.4 is 0 Å². The van der Waals surface area contributed by atoms with Crippen LogP contribution in [0.1, 0.15) is 30.7 Å². The van der Waals surface area contributed by atoms with Gasteiger partial charge < -0.3 is 4.90 Å². The molecule has 1 aromatic rings. The average Bonchev–Trinajstić information content (AvgIpc) is 2.79. The summed E-state index contributed by atoms with van der Waals surface area (Å²) in [5, 5.41) is 8.50. The Bertz CT molecular complexity index is 353. The Morgan fingerprint density at radius 1 is 1.31 bits per heavy atom. The number of hydrogen-bond acceptors (Lipinski definition) is 2. The minimum absolute atomic E-state index is 0.687. The standard InChI is InChI=1S/C14H18N2/c15-9-4-5-10-16-11-8-14(12-16)13-6-2-1-3-7-13/h1-3,6-7,14H,4-5,8,10-12H2. The summed E-state index contributed by atoms with van der Waals surface area (Å²) in [4.78, 5) is 2.48. The lowest BCUT2D eigenvalue weighted by Gasteiger charge is -2.15. The van der Waals surface area contributed by atoms with E-state index in [-0.39, 0.29) is 0 Å². The monoisotopic (exact) mass is 214 g/mol. The Hall–Kier alpha value is -1.33. The normalized spacial score (nSPS) is 20.8. The van der Waals surface area contributed by atoms with Gasteiger partial charge in [0.2, 0.25) is 0 Å². The summed E-state index contributed by atoms with van der Waals surface area (Å²) in [5.41, 5.74) is 1.46. The number of nitrogens with zero attached hydrogens (tertiary/aromatic N) is 2. The Labute approximate surface area is 97.5 Å². The van der Waals surface area contributed by atoms with Gasteiger partial charge in [-0.1, -0.05) is 30.3 Å². The molecule has 0 N–H and O–H groups in total. The highest BCUT2D eigenvalue weighted by molar-refractivity contribution is 5.20. The van der Waals surface area contributed by atoms with Gasteiger partial charge in [-0.15, -0.1) is 0 Å². The third-order valence-corrected chi connectivity index (χ3v) is 3.31. The third-order valence-electron chi connectivity index (χ3n) is 3.31. The summed E-state index contributed by atoms with van der Waals surface area (Å²) in [6.45, 7) is 3.43. The van der Waals surface area contributed by atoms with Gasteiger partial charge in [0, 0.05) is 13.0 Å². The first-order valence-electron chi connectivity index (χ1n) is 6.04. The largest absolute Gasteiger partial charge is 0.303 e. The fraction of sp³-hybridized carbons (Fsp3) is 0.500. The predicted octanol–water partition coefficient (Wildman–Crippen LogP) is 2.78. The van der Waals surface area contributed by atoms with E-state index in [1.807, 2.05) is 0 Å². The molecular formula is C14H18N2. The first-order chi connectivity index (χ1) is 7.90. The van der Waals surface area contributed by atoms with Gasteiger partial charge >= 0.3 is 0 Å². The van der Waals surface area contributed by atoms with Crippen LogP contribution in [0.2, 0.25) is 0 Å². The lowest BCUT2D eigenvalue weighted by molar-refractivity contribution is 0.331. The highest BCUT2D eigenvalue weighted by Crippen LogP contribution is 2.26. The van der Waals surface area contributed by atoms with Crippen LogP contribution in [0.25, 0.3) is 0 Å². The fourth-order valence-corrected chi connectivity index (χ4v) is 2.41. The summed E-state index contributed by atoms with van der Waals surface area (Å²) < 4.78 is 0. The molecule has 1 atom stereocenters. The first-order valence-corrected chi connectivity index (χ1v) is 6.04. The molecule has 1 heterocycles. The molecular weight excluding hydrogens is 196 g/mol. The van der Waals surface area contributed by atoms with Crippen molar-refractivity contribution in [2.24, 2.45) is 0 Å². The second-order valence-electron chi connectivity index (χ2n) is 4.46. The topological polar surface area (TPSA) is 27.0 Å². The van der Waals surface area contributed by atoms with Gasteiger partial charge in [0.1, 0.15) is 0 Å². The van der Waals surface area contributed by atoms with Crippen LogP contribution >= 0.6 is 0 Å². The highest BCUT2D eigenvalue weighted by atomic mass is 15.1. The molecule has 0 amide bonds. The van der Waals surface area contributed by atoms with Crippen LogP contribution in [0.4, 0.5) is 0 Å². The van der Waals surface area contributed by atoms with E-state index in [2.05, 4.69) is 41.3 Å². The second kappa shape index (κ2) is 5.67. The molecule has 84 valence electrons. The molecule has 0 bridgehead atoms. The maximum atomic E-state index is 8.50. The molecule has 1 unspecified atom stereocenters. The minimum Gasteiger partial charge on any atom is -0.303 e. The van der Waals surface area contributed by atoms with E-state index < -0.39 is 0 Å². The van der Waals surface area contributed by atoms with E-state index >= 15 is 0 Å². The smallest absolute Gasteiger partial charge is 0.0622 e. The maximum Gasteiger partial charge on any atom is 0.0622 e. The van der Waals surface area contributed by atoms with E-state index in [1.54, 1.807) is 0 Å². The van der Waals surface area contributed by atoms with Crippen molar-refractivity contribution in [2.75, 3.05) is 19.6 Å². The van der Waals surface area contributed by atoms with E-state index in [0.29, 0.717) is 12.3 Å². The molecule has 2 nitrogen and oxygen atoms in total. The maximum absolute atomic E-state index is 8.50. The quantitative estimate of drug-likeness (QED) is 0.721. The molecule has 1 aliphatic heterocycles. The number of likely N-dealkylation sites (tertiary alicyclic amines) is 1. The molecule has 2 rings (SSSR count). The molecule has 1 aliphatic rings. The lowest BCUT2D eigenvalue weighted by atomic mass is 9.99. The summed E-state index contributed by atoms with van der Waals surface area (Å²) >= 11 is 0. The van der Waals surface area contributed by atoms with E-state index in [1.165, 1.54) is 18.5 Å². The molecule has 1 fully saturated rings. The van der Waals surface area contributed by atoms with Crippen molar-refractivity contribution in [1.82, 2.24) is 4.90 Å². The molecule has 0 saturated carbocycles. The lowest BCUT2D eigenvalue weighted by Crippen LogP contribution is -2.21. The van der Waals surface area contributed by atoms with E-state index in [4.69, 9.17) is 5.26 Å². The van der Waals surface area contributed by atoms with Crippen molar-refractivity contribution in [3.8, 4) is 6.07 Å². The summed E-state index contributed by atoms with van der Waals surface area (Å²) in [5.74, 6) is 0.697. The molecule has 2 heteroatoms. The zero-order valence-electron chi connectivity index (χ0n) is 9.60. The van der Waals surface area contributed by atoms with Gasteiger partial charge in [0.15, 0.2) is 0 Å². The first kappa shape index (κ1) is 11.2.